The lowest BCUT2D eigenvalue weighted by molar-refractivity contribution is -0.122. The minimum atomic E-state index is -0.643. The van der Waals surface area contributed by atoms with E-state index in [0.717, 1.165) is 11.1 Å². The van der Waals surface area contributed by atoms with Crippen LogP contribution in [0.25, 0.3) is 11.1 Å². The first-order valence-corrected chi connectivity index (χ1v) is 9.22. The van der Waals surface area contributed by atoms with E-state index in [1.54, 1.807) is 25.1 Å². The average molecular weight is 375 g/mol. The molecule has 0 saturated heterocycles. The van der Waals surface area contributed by atoms with Gasteiger partial charge in [-0.3, -0.25) is 4.79 Å². The highest BCUT2D eigenvalue weighted by Gasteiger charge is 2.17. The number of amides is 1. The van der Waals surface area contributed by atoms with Crippen LogP contribution in [0.2, 0.25) is 0 Å². The van der Waals surface area contributed by atoms with Gasteiger partial charge in [-0.15, -0.1) is 0 Å². The van der Waals surface area contributed by atoms with Gasteiger partial charge in [-0.05, 0) is 42.3 Å². The summed E-state index contributed by atoms with van der Waals surface area (Å²) in [7, 11) is 0. The first kappa shape index (κ1) is 17.9. The Kier molecular flexibility index (Phi) is 5.15. The molecule has 3 aromatic rings. The van der Waals surface area contributed by atoms with Crippen molar-refractivity contribution < 1.29 is 19.0 Å². The molecule has 0 spiro atoms. The van der Waals surface area contributed by atoms with Crippen LogP contribution in [-0.4, -0.2) is 25.2 Å². The van der Waals surface area contributed by atoms with Crippen LogP contribution >= 0.6 is 0 Å². The maximum Gasteiger partial charge on any atom is 0.265 e. The number of hydrogen-bond donors (Lipinski definition) is 1. The summed E-state index contributed by atoms with van der Waals surface area (Å²) >= 11 is 0. The van der Waals surface area contributed by atoms with Gasteiger partial charge in [0, 0.05) is 11.8 Å². The van der Waals surface area contributed by atoms with Crippen LogP contribution in [0.3, 0.4) is 0 Å². The van der Waals surface area contributed by atoms with E-state index >= 15 is 0 Å². The number of carbonyl (C=O) groups excluding carboxylic acids is 1. The third kappa shape index (κ3) is 4.09. The van der Waals surface area contributed by atoms with Gasteiger partial charge in [-0.1, -0.05) is 42.5 Å². The molecule has 1 aliphatic rings. The standard InChI is InChI=1S/C23H21NO4/c1-16(23(25)24-19-9-12-21-22(15-19)27-14-13-26-21)28-20-10-7-18(8-11-20)17-5-3-2-4-6-17/h2-12,15-16H,13-14H2,1H3,(H,24,25). The summed E-state index contributed by atoms with van der Waals surface area (Å²) in [6.07, 6.45) is -0.643. The molecule has 0 aliphatic carbocycles. The molecule has 4 rings (SSSR count). The summed E-state index contributed by atoms with van der Waals surface area (Å²) in [5.74, 6) is 1.73. The van der Waals surface area contributed by atoms with Gasteiger partial charge < -0.3 is 19.5 Å². The molecule has 0 aromatic heterocycles. The number of ether oxygens (including phenoxy) is 3. The van der Waals surface area contributed by atoms with Gasteiger partial charge in [-0.25, -0.2) is 0 Å². The van der Waals surface area contributed by atoms with Gasteiger partial charge in [0.15, 0.2) is 17.6 Å². The molecule has 5 nitrogen and oxygen atoms in total. The molecule has 1 heterocycles. The van der Waals surface area contributed by atoms with E-state index in [4.69, 9.17) is 14.2 Å². The van der Waals surface area contributed by atoms with E-state index in [1.807, 2.05) is 42.5 Å². The monoisotopic (exact) mass is 375 g/mol. The highest BCUT2D eigenvalue weighted by Crippen LogP contribution is 2.32. The summed E-state index contributed by atoms with van der Waals surface area (Å²) in [6, 6.07) is 23.1. The lowest BCUT2D eigenvalue weighted by Crippen LogP contribution is -2.30. The van der Waals surface area contributed by atoms with Crippen molar-refractivity contribution in [3.05, 3.63) is 72.8 Å². The molecule has 1 atom stereocenters. The van der Waals surface area contributed by atoms with E-state index in [9.17, 15) is 4.79 Å². The van der Waals surface area contributed by atoms with E-state index < -0.39 is 6.10 Å². The fourth-order valence-electron chi connectivity index (χ4n) is 2.98. The largest absolute Gasteiger partial charge is 0.486 e. The summed E-state index contributed by atoms with van der Waals surface area (Å²) in [5.41, 5.74) is 2.88. The normalized spacial score (nSPS) is 13.5. The third-order valence-electron chi connectivity index (χ3n) is 4.45. The zero-order valence-corrected chi connectivity index (χ0v) is 15.6. The molecule has 1 amide bonds. The Morgan fingerprint density at radius 1 is 0.893 bits per heavy atom. The molecule has 1 aliphatic heterocycles. The molecule has 0 bridgehead atoms. The van der Waals surface area contributed by atoms with E-state index in [2.05, 4.69) is 17.4 Å². The molecular weight excluding hydrogens is 354 g/mol. The highest BCUT2D eigenvalue weighted by molar-refractivity contribution is 5.94. The third-order valence-corrected chi connectivity index (χ3v) is 4.45. The van der Waals surface area contributed by atoms with Crippen molar-refractivity contribution in [2.24, 2.45) is 0 Å². The van der Waals surface area contributed by atoms with Gasteiger partial charge in [-0.2, -0.15) is 0 Å². The van der Waals surface area contributed by atoms with Gasteiger partial charge in [0.1, 0.15) is 19.0 Å². The fourth-order valence-corrected chi connectivity index (χ4v) is 2.98. The Bertz CT molecular complexity index is 954. The van der Waals surface area contributed by atoms with E-state index in [-0.39, 0.29) is 5.91 Å². The Hall–Kier alpha value is -3.47. The number of hydrogen-bond acceptors (Lipinski definition) is 4. The van der Waals surface area contributed by atoms with Crippen LogP contribution in [0.1, 0.15) is 6.92 Å². The second-order valence-corrected chi connectivity index (χ2v) is 6.50. The second-order valence-electron chi connectivity index (χ2n) is 6.50. The molecule has 0 fully saturated rings. The lowest BCUT2D eigenvalue weighted by atomic mass is 10.1. The van der Waals surface area contributed by atoms with Crippen LogP contribution in [0.5, 0.6) is 17.2 Å². The van der Waals surface area contributed by atoms with Crippen molar-refractivity contribution in [2.75, 3.05) is 18.5 Å². The summed E-state index contributed by atoms with van der Waals surface area (Å²) in [5, 5.41) is 2.85. The van der Waals surface area contributed by atoms with Crippen molar-refractivity contribution in [1.82, 2.24) is 0 Å². The molecule has 1 unspecified atom stereocenters. The van der Waals surface area contributed by atoms with E-state index in [1.165, 1.54) is 0 Å². The quantitative estimate of drug-likeness (QED) is 0.712. The van der Waals surface area contributed by atoms with Gasteiger partial charge in [0.05, 0.1) is 0 Å². The predicted octanol–water partition coefficient (Wildman–Crippen LogP) is 4.53. The molecular formula is C23H21NO4. The number of anilines is 1. The average Bonchev–Trinajstić information content (AvgIpc) is 2.75. The van der Waals surface area contributed by atoms with Crippen molar-refractivity contribution >= 4 is 11.6 Å². The molecule has 0 saturated carbocycles. The molecule has 28 heavy (non-hydrogen) atoms. The van der Waals surface area contributed by atoms with Crippen molar-refractivity contribution in [3.63, 3.8) is 0 Å². The van der Waals surface area contributed by atoms with Gasteiger partial charge in [0.25, 0.3) is 5.91 Å². The Balaban J connectivity index is 1.38. The predicted molar refractivity (Wildman–Crippen MR) is 108 cm³/mol. The minimum Gasteiger partial charge on any atom is -0.486 e. The summed E-state index contributed by atoms with van der Waals surface area (Å²) < 4.78 is 16.8. The molecule has 5 heteroatoms. The topological polar surface area (TPSA) is 56.8 Å². The molecule has 0 radical (unpaired) electrons. The SMILES string of the molecule is CC(Oc1ccc(-c2ccccc2)cc1)C(=O)Nc1ccc2c(c1)OCCO2. The van der Waals surface area contributed by atoms with E-state index in [0.29, 0.717) is 36.1 Å². The smallest absolute Gasteiger partial charge is 0.265 e. The van der Waals surface area contributed by atoms with Gasteiger partial charge in [0.2, 0.25) is 0 Å². The Morgan fingerprint density at radius 2 is 1.57 bits per heavy atom. The van der Waals surface area contributed by atoms with Crippen LogP contribution < -0.4 is 19.5 Å². The summed E-state index contributed by atoms with van der Waals surface area (Å²) in [4.78, 5) is 12.5. The molecule has 142 valence electrons. The zero-order chi connectivity index (χ0) is 19.3. The first-order chi connectivity index (χ1) is 13.7. The van der Waals surface area contributed by atoms with Crippen molar-refractivity contribution in [2.45, 2.75) is 13.0 Å². The summed E-state index contributed by atoms with van der Waals surface area (Å²) in [6.45, 7) is 2.76. The van der Waals surface area contributed by atoms with Crippen LogP contribution in [0.15, 0.2) is 72.8 Å². The van der Waals surface area contributed by atoms with Gasteiger partial charge >= 0.3 is 0 Å². The van der Waals surface area contributed by atoms with Crippen LogP contribution in [0, 0.1) is 0 Å². The Morgan fingerprint density at radius 3 is 2.32 bits per heavy atom. The lowest BCUT2D eigenvalue weighted by Gasteiger charge is -2.20. The number of carbonyl (C=O) groups is 1. The maximum absolute atomic E-state index is 12.5. The number of fused-ring (bicyclic) bond motifs is 1. The van der Waals surface area contributed by atoms with Crippen LogP contribution in [-0.2, 0) is 4.79 Å². The second kappa shape index (κ2) is 8.05. The maximum atomic E-state index is 12.5. The van der Waals surface area contributed by atoms with Crippen molar-refractivity contribution in [1.29, 1.82) is 0 Å². The number of rotatable bonds is 5. The first-order valence-electron chi connectivity index (χ1n) is 9.22. The number of benzene rings is 3. The minimum absolute atomic E-state index is 0.233. The Labute approximate surface area is 163 Å². The fraction of sp³-hybridized carbons (Fsp3) is 0.174. The van der Waals surface area contributed by atoms with Crippen LogP contribution in [0.4, 0.5) is 5.69 Å². The molecule has 3 aromatic carbocycles. The highest BCUT2D eigenvalue weighted by atomic mass is 16.6. The number of nitrogens with one attached hydrogen (secondary N) is 1. The van der Waals surface area contributed by atoms with Crippen molar-refractivity contribution in [3.8, 4) is 28.4 Å². The zero-order valence-electron chi connectivity index (χ0n) is 15.6. The molecule has 1 N–H and O–H groups in total.